The molecule has 8 heteroatoms. The van der Waals surface area contributed by atoms with Crippen molar-refractivity contribution in [3.63, 3.8) is 0 Å². The average Bonchev–Trinajstić information content (AvgIpc) is 2.59. The van der Waals surface area contributed by atoms with E-state index in [2.05, 4.69) is 5.32 Å². The first-order valence-electron chi connectivity index (χ1n) is 9.64. The molecule has 4 fully saturated rings. The van der Waals surface area contributed by atoms with Gasteiger partial charge in [-0.25, -0.2) is 0 Å². The highest BCUT2D eigenvalue weighted by molar-refractivity contribution is 6.24. The molecule has 4 bridgehead atoms. The van der Waals surface area contributed by atoms with Crippen LogP contribution in [-0.2, 0) is 14.3 Å². The Morgan fingerprint density at radius 2 is 1.89 bits per heavy atom. The Bertz CT molecular complexity index is 828. The molecule has 5 rings (SSSR count). The number of ether oxygens (including phenoxy) is 1. The standard InChI is InChI=1S/C20H23ClN2O5/c1-12(17(24)22-15-4-2-3-5-16(15)23(26)27)28-18(25)19-7-13-6-14(8-19)10-20(21,9-13)11-19/h2-5,12-14H,6-11H2,1H3,(H,22,24)/t12-,13-,14-,19?,20?/m1/s1. The van der Waals surface area contributed by atoms with Crippen LogP contribution in [0.1, 0.15) is 45.4 Å². The Hall–Kier alpha value is -2.15. The number of rotatable bonds is 5. The molecule has 1 aromatic rings. The fraction of sp³-hybridized carbons (Fsp3) is 0.600. The summed E-state index contributed by atoms with van der Waals surface area (Å²) in [7, 11) is 0. The van der Waals surface area contributed by atoms with E-state index in [1.54, 1.807) is 6.07 Å². The molecule has 0 spiro atoms. The fourth-order valence-electron chi connectivity index (χ4n) is 5.70. The molecule has 1 N–H and O–H groups in total. The number of nitro benzene ring substituents is 1. The zero-order valence-corrected chi connectivity index (χ0v) is 16.4. The Morgan fingerprint density at radius 1 is 1.25 bits per heavy atom. The van der Waals surface area contributed by atoms with Gasteiger partial charge in [0.05, 0.1) is 10.3 Å². The first-order valence-corrected chi connectivity index (χ1v) is 10.0. The van der Waals surface area contributed by atoms with E-state index in [1.165, 1.54) is 25.1 Å². The molecule has 1 amide bonds. The highest BCUT2D eigenvalue weighted by Gasteiger charge is 2.61. The van der Waals surface area contributed by atoms with Gasteiger partial charge in [-0.2, -0.15) is 0 Å². The number of para-hydroxylation sites is 2. The van der Waals surface area contributed by atoms with Crippen LogP contribution < -0.4 is 5.32 Å². The van der Waals surface area contributed by atoms with E-state index in [0.717, 1.165) is 32.1 Å². The third-order valence-electron chi connectivity index (χ3n) is 6.43. The molecule has 0 aromatic heterocycles. The van der Waals surface area contributed by atoms with E-state index in [9.17, 15) is 19.7 Å². The number of carbonyl (C=O) groups is 2. The van der Waals surface area contributed by atoms with Crippen molar-refractivity contribution in [2.75, 3.05) is 5.32 Å². The van der Waals surface area contributed by atoms with Crippen LogP contribution in [0, 0.1) is 27.4 Å². The summed E-state index contributed by atoms with van der Waals surface area (Å²) in [6, 6.07) is 5.86. The number of amides is 1. The molecule has 0 heterocycles. The maximum absolute atomic E-state index is 13.0. The average molecular weight is 407 g/mol. The quantitative estimate of drug-likeness (QED) is 0.344. The third-order valence-corrected chi connectivity index (χ3v) is 6.88. The van der Waals surface area contributed by atoms with Crippen molar-refractivity contribution in [2.24, 2.45) is 17.3 Å². The summed E-state index contributed by atoms with van der Waals surface area (Å²) in [5.74, 6) is -0.0606. The topological polar surface area (TPSA) is 98.5 Å². The SMILES string of the molecule is C[C@@H](OC(=O)C12C[C@H]3C[C@@H](CC(Cl)(C3)C1)C2)C(=O)Nc1ccccc1[N+](=O)[O-]. The van der Waals surface area contributed by atoms with Crippen molar-refractivity contribution in [3.05, 3.63) is 34.4 Å². The lowest BCUT2D eigenvalue weighted by Crippen LogP contribution is -2.57. The predicted molar refractivity (Wildman–Crippen MR) is 103 cm³/mol. The largest absolute Gasteiger partial charge is 0.452 e. The number of halogens is 1. The van der Waals surface area contributed by atoms with E-state index in [1.807, 2.05) is 0 Å². The molecule has 0 aliphatic heterocycles. The third kappa shape index (κ3) is 3.36. The molecule has 3 atom stereocenters. The van der Waals surface area contributed by atoms with Crippen LogP contribution >= 0.6 is 11.6 Å². The van der Waals surface area contributed by atoms with Crippen molar-refractivity contribution in [3.8, 4) is 0 Å². The minimum absolute atomic E-state index is 0.0786. The monoisotopic (exact) mass is 406 g/mol. The highest BCUT2D eigenvalue weighted by atomic mass is 35.5. The van der Waals surface area contributed by atoms with Gasteiger partial charge in [-0.15, -0.1) is 11.6 Å². The normalized spacial score (nSPS) is 33.9. The maximum Gasteiger partial charge on any atom is 0.312 e. The number of nitrogens with zero attached hydrogens (tertiary/aromatic N) is 1. The molecule has 0 saturated heterocycles. The molecule has 150 valence electrons. The number of anilines is 1. The van der Waals surface area contributed by atoms with Gasteiger partial charge in [0.25, 0.3) is 11.6 Å². The summed E-state index contributed by atoms with van der Waals surface area (Å²) in [5.41, 5.74) is -0.728. The van der Waals surface area contributed by atoms with Crippen LogP contribution in [0.15, 0.2) is 24.3 Å². The number of esters is 1. The van der Waals surface area contributed by atoms with Crippen molar-refractivity contribution in [1.82, 2.24) is 0 Å². The molecule has 4 aliphatic rings. The van der Waals surface area contributed by atoms with Crippen molar-refractivity contribution in [2.45, 2.75) is 56.4 Å². The van der Waals surface area contributed by atoms with E-state index >= 15 is 0 Å². The van der Waals surface area contributed by atoms with Gasteiger partial charge >= 0.3 is 5.97 Å². The molecule has 0 radical (unpaired) electrons. The first kappa shape index (κ1) is 19.2. The zero-order chi connectivity index (χ0) is 20.1. The second-order valence-electron chi connectivity index (χ2n) is 8.70. The van der Waals surface area contributed by atoms with Gasteiger partial charge in [0.2, 0.25) is 0 Å². The van der Waals surface area contributed by atoms with Crippen LogP contribution in [0.2, 0.25) is 0 Å². The van der Waals surface area contributed by atoms with Crippen molar-refractivity contribution in [1.29, 1.82) is 0 Å². The summed E-state index contributed by atoms with van der Waals surface area (Å²) in [6.45, 7) is 1.49. The smallest absolute Gasteiger partial charge is 0.312 e. The Morgan fingerprint density at radius 3 is 2.50 bits per heavy atom. The molecular weight excluding hydrogens is 384 g/mol. The molecule has 0 unspecified atom stereocenters. The van der Waals surface area contributed by atoms with E-state index in [-0.39, 0.29) is 22.2 Å². The minimum atomic E-state index is -1.05. The second-order valence-corrected chi connectivity index (χ2v) is 9.51. The van der Waals surface area contributed by atoms with E-state index in [0.29, 0.717) is 18.3 Å². The van der Waals surface area contributed by atoms with Gasteiger partial charge in [0.1, 0.15) is 5.69 Å². The van der Waals surface area contributed by atoms with E-state index in [4.69, 9.17) is 16.3 Å². The molecule has 1 aromatic carbocycles. The van der Waals surface area contributed by atoms with Gasteiger partial charge in [-0.05, 0) is 63.4 Å². The molecule has 28 heavy (non-hydrogen) atoms. The van der Waals surface area contributed by atoms with Crippen LogP contribution in [0.5, 0.6) is 0 Å². The van der Waals surface area contributed by atoms with Gasteiger partial charge in [0, 0.05) is 10.9 Å². The van der Waals surface area contributed by atoms with Gasteiger partial charge in [0.15, 0.2) is 6.10 Å². The van der Waals surface area contributed by atoms with Crippen LogP contribution in [0.3, 0.4) is 0 Å². The Kier molecular flexibility index (Phi) is 4.61. The number of carbonyl (C=O) groups excluding carboxylic acids is 2. The summed E-state index contributed by atoms with van der Waals surface area (Å²) in [6.07, 6.45) is 4.13. The number of benzene rings is 1. The van der Waals surface area contributed by atoms with Crippen LogP contribution in [-0.4, -0.2) is 27.8 Å². The van der Waals surface area contributed by atoms with Gasteiger partial charge in [-0.3, -0.25) is 19.7 Å². The number of nitrogens with one attached hydrogen (secondary N) is 1. The summed E-state index contributed by atoms with van der Waals surface area (Å²) >= 11 is 6.77. The van der Waals surface area contributed by atoms with Gasteiger partial charge in [-0.1, -0.05) is 12.1 Å². The fourth-order valence-corrected chi connectivity index (χ4v) is 6.39. The summed E-state index contributed by atoms with van der Waals surface area (Å²) in [5, 5.41) is 13.6. The van der Waals surface area contributed by atoms with E-state index < -0.39 is 22.3 Å². The number of hydrogen-bond acceptors (Lipinski definition) is 5. The van der Waals surface area contributed by atoms with Crippen LogP contribution in [0.25, 0.3) is 0 Å². The van der Waals surface area contributed by atoms with Gasteiger partial charge < -0.3 is 10.1 Å². The predicted octanol–water partition coefficient (Wildman–Crippen LogP) is 4.04. The Balaban J connectivity index is 1.44. The lowest BCUT2D eigenvalue weighted by atomic mass is 9.49. The lowest BCUT2D eigenvalue weighted by molar-refractivity contribution is -0.383. The number of alkyl halides is 1. The van der Waals surface area contributed by atoms with Crippen LogP contribution in [0.4, 0.5) is 11.4 Å². The molecule has 4 saturated carbocycles. The summed E-state index contributed by atoms with van der Waals surface area (Å²) in [4.78, 5) is 35.7. The number of nitro groups is 1. The molecular formula is C20H23ClN2O5. The molecule has 4 aliphatic carbocycles. The summed E-state index contributed by atoms with van der Waals surface area (Å²) < 4.78 is 5.54. The highest BCUT2D eigenvalue weighted by Crippen LogP contribution is 2.64. The Labute approximate surface area is 167 Å². The maximum atomic E-state index is 13.0. The minimum Gasteiger partial charge on any atom is -0.452 e. The number of hydrogen-bond donors (Lipinski definition) is 1. The lowest BCUT2D eigenvalue weighted by Gasteiger charge is -2.58. The zero-order valence-electron chi connectivity index (χ0n) is 15.7. The van der Waals surface area contributed by atoms with Crippen molar-refractivity contribution >= 4 is 34.9 Å². The second kappa shape index (κ2) is 6.72. The molecule has 7 nitrogen and oxygen atoms in total. The first-order chi connectivity index (χ1) is 13.2. The van der Waals surface area contributed by atoms with Crippen molar-refractivity contribution < 1.29 is 19.2 Å².